The first kappa shape index (κ1) is 16.7. The molecule has 7 heteroatoms. The SMILES string of the molecule is C[C@H](Nc1ncncc1C#N)c1nc2ccc(F)cc2n1-c1ccccc1. The van der Waals surface area contributed by atoms with Crippen molar-refractivity contribution in [2.75, 3.05) is 5.32 Å². The van der Waals surface area contributed by atoms with Gasteiger partial charge in [-0.3, -0.25) is 4.57 Å². The molecule has 0 saturated heterocycles. The summed E-state index contributed by atoms with van der Waals surface area (Å²) in [6, 6.07) is 15.9. The number of para-hydroxylation sites is 1. The minimum atomic E-state index is -0.325. The van der Waals surface area contributed by atoms with Gasteiger partial charge in [-0.15, -0.1) is 0 Å². The van der Waals surface area contributed by atoms with Gasteiger partial charge < -0.3 is 5.32 Å². The maximum absolute atomic E-state index is 13.9. The Morgan fingerprint density at radius 2 is 2.00 bits per heavy atom. The van der Waals surface area contributed by atoms with Gasteiger partial charge in [0.15, 0.2) is 0 Å². The molecular weight excluding hydrogens is 343 g/mol. The summed E-state index contributed by atoms with van der Waals surface area (Å²) in [5.41, 5.74) is 2.58. The van der Waals surface area contributed by atoms with E-state index in [4.69, 9.17) is 0 Å². The second kappa shape index (κ2) is 6.84. The van der Waals surface area contributed by atoms with Crippen molar-refractivity contribution in [3.8, 4) is 11.8 Å². The first-order valence-electron chi connectivity index (χ1n) is 8.37. The number of fused-ring (bicyclic) bond motifs is 1. The van der Waals surface area contributed by atoms with E-state index in [2.05, 4.69) is 26.3 Å². The number of imidazole rings is 1. The molecule has 4 aromatic rings. The fraction of sp³-hybridized carbons (Fsp3) is 0.100. The molecule has 0 bridgehead atoms. The molecule has 2 aromatic heterocycles. The maximum atomic E-state index is 13.9. The van der Waals surface area contributed by atoms with Crippen LogP contribution in [0.25, 0.3) is 16.7 Å². The summed E-state index contributed by atoms with van der Waals surface area (Å²) in [5, 5.41) is 12.5. The van der Waals surface area contributed by atoms with E-state index in [9.17, 15) is 9.65 Å². The average Bonchev–Trinajstić information content (AvgIpc) is 3.08. The molecule has 0 fully saturated rings. The first-order chi connectivity index (χ1) is 13.2. The highest BCUT2D eigenvalue weighted by atomic mass is 19.1. The first-order valence-corrected chi connectivity index (χ1v) is 8.37. The fourth-order valence-electron chi connectivity index (χ4n) is 3.00. The number of nitrogens with one attached hydrogen (secondary N) is 1. The highest BCUT2D eigenvalue weighted by Gasteiger charge is 2.19. The van der Waals surface area contributed by atoms with E-state index in [-0.39, 0.29) is 11.9 Å². The number of hydrogen-bond acceptors (Lipinski definition) is 5. The van der Waals surface area contributed by atoms with Gasteiger partial charge in [0.25, 0.3) is 0 Å². The fourth-order valence-corrected chi connectivity index (χ4v) is 3.00. The Morgan fingerprint density at radius 1 is 1.19 bits per heavy atom. The number of benzene rings is 2. The highest BCUT2D eigenvalue weighted by molar-refractivity contribution is 5.78. The molecule has 132 valence electrons. The van der Waals surface area contributed by atoms with Gasteiger partial charge in [-0.1, -0.05) is 18.2 Å². The van der Waals surface area contributed by atoms with Crippen LogP contribution in [0.2, 0.25) is 0 Å². The predicted molar refractivity (Wildman–Crippen MR) is 99.8 cm³/mol. The molecule has 0 radical (unpaired) electrons. The molecular formula is C20H15FN6. The van der Waals surface area contributed by atoms with Crippen LogP contribution in [-0.4, -0.2) is 19.5 Å². The molecule has 0 unspecified atom stereocenters. The van der Waals surface area contributed by atoms with E-state index in [1.165, 1.54) is 24.7 Å². The number of nitrogens with zero attached hydrogens (tertiary/aromatic N) is 5. The monoisotopic (exact) mass is 358 g/mol. The lowest BCUT2D eigenvalue weighted by molar-refractivity contribution is 0.629. The Labute approximate surface area is 155 Å². The van der Waals surface area contributed by atoms with Gasteiger partial charge in [0, 0.05) is 11.8 Å². The van der Waals surface area contributed by atoms with Crippen LogP contribution in [0.15, 0.2) is 61.1 Å². The lowest BCUT2D eigenvalue weighted by Crippen LogP contribution is -2.14. The van der Waals surface area contributed by atoms with Crippen LogP contribution in [0.3, 0.4) is 0 Å². The lowest BCUT2D eigenvalue weighted by Gasteiger charge is -2.17. The van der Waals surface area contributed by atoms with Gasteiger partial charge in [-0.05, 0) is 31.2 Å². The van der Waals surface area contributed by atoms with Crippen LogP contribution in [0.4, 0.5) is 10.2 Å². The van der Waals surface area contributed by atoms with Gasteiger partial charge in [-0.2, -0.15) is 5.26 Å². The van der Waals surface area contributed by atoms with E-state index < -0.39 is 0 Å². The van der Waals surface area contributed by atoms with E-state index in [1.54, 1.807) is 6.07 Å². The number of anilines is 1. The standard InChI is InChI=1S/C20H15FN6/c1-13(25-19-14(10-22)11-23-12-24-19)20-26-17-8-7-15(21)9-18(17)27(20)16-5-3-2-4-6-16/h2-9,11-13H,1H3,(H,23,24,25)/t13-/m0/s1. The average molecular weight is 358 g/mol. The Balaban J connectivity index is 1.85. The van der Waals surface area contributed by atoms with Gasteiger partial charge in [0.1, 0.15) is 35.4 Å². The number of nitriles is 1. The summed E-state index contributed by atoms with van der Waals surface area (Å²) >= 11 is 0. The molecule has 2 heterocycles. The Morgan fingerprint density at radius 3 is 2.78 bits per heavy atom. The molecule has 4 rings (SSSR count). The number of halogens is 1. The lowest BCUT2D eigenvalue weighted by atomic mass is 10.2. The zero-order valence-corrected chi connectivity index (χ0v) is 14.5. The molecule has 0 aliphatic heterocycles. The quantitative estimate of drug-likeness (QED) is 0.596. The summed E-state index contributed by atoms with van der Waals surface area (Å²) in [7, 11) is 0. The Hall–Kier alpha value is -3.79. The second-order valence-corrected chi connectivity index (χ2v) is 6.04. The van der Waals surface area contributed by atoms with Crippen LogP contribution in [0, 0.1) is 17.1 Å². The minimum Gasteiger partial charge on any atom is -0.359 e. The third-order valence-corrected chi connectivity index (χ3v) is 4.23. The molecule has 0 saturated carbocycles. The summed E-state index contributed by atoms with van der Waals surface area (Å²) in [6.45, 7) is 1.92. The highest BCUT2D eigenvalue weighted by Crippen LogP contribution is 2.28. The van der Waals surface area contributed by atoms with E-state index >= 15 is 0 Å². The normalized spacial score (nSPS) is 11.9. The summed E-state index contributed by atoms with van der Waals surface area (Å²) < 4.78 is 15.8. The molecule has 6 nitrogen and oxygen atoms in total. The van der Waals surface area contributed by atoms with E-state index in [1.807, 2.05) is 41.8 Å². The third kappa shape index (κ3) is 3.09. The molecule has 0 aliphatic rings. The van der Waals surface area contributed by atoms with Crippen molar-refractivity contribution in [3.63, 3.8) is 0 Å². The van der Waals surface area contributed by atoms with Crippen molar-refractivity contribution in [2.45, 2.75) is 13.0 Å². The van der Waals surface area contributed by atoms with Crippen LogP contribution in [0.5, 0.6) is 0 Å². The zero-order chi connectivity index (χ0) is 18.8. The molecule has 0 aliphatic carbocycles. The Kier molecular flexibility index (Phi) is 4.22. The van der Waals surface area contributed by atoms with Crippen molar-refractivity contribution < 1.29 is 4.39 Å². The van der Waals surface area contributed by atoms with Crippen molar-refractivity contribution >= 4 is 16.9 Å². The Bertz CT molecular complexity index is 1150. The zero-order valence-electron chi connectivity index (χ0n) is 14.5. The molecule has 0 amide bonds. The van der Waals surface area contributed by atoms with Crippen LogP contribution in [0.1, 0.15) is 24.4 Å². The third-order valence-electron chi connectivity index (χ3n) is 4.23. The van der Waals surface area contributed by atoms with E-state index in [0.29, 0.717) is 28.2 Å². The van der Waals surface area contributed by atoms with Crippen molar-refractivity contribution in [1.82, 2.24) is 19.5 Å². The van der Waals surface area contributed by atoms with Gasteiger partial charge in [-0.25, -0.2) is 19.3 Å². The van der Waals surface area contributed by atoms with Crippen LogP contribution < -0.4 is 5.32 Å². The van der Waals surface area contributed by atoms with E-state index in [0.717, 1.165) is 5.69 Å². The smallest absolute Gasteiger partial charge is 0.147 e. The van der Waals surface area contributed by atoms with Crippen molar-refractivity contribution in [1.29, 1.82) is 5.26 Å². The molecule has 1 N–H and O–H groups in total. The maximum Gasteiger partial charge on any atom is 0.147 e. The summed E-state index contributed by atoms with van der Waals surface area (Å²) in [6.07, 6.45) is 2.84. The van der Waals surface area contributed by atoms with Gasteiger partial charge in [0.05, 0.1) is 23.3 Å². The number of rotatable bonds is 4. The number of aromatic nitrogens is 4. The van der Waals surface area contributed by atoms with Gasteiger partial charge in [0.2, 0.25) is 0 Å². The van der Waals surface area contributed by atoms with Gasteiger partial charge >= 0.3 is 0 Å². The van der Waals surface area contributed by atoms with Crippen molar-refractivity contribution in [2.24, 2.45) is 0 Å². The molecule has 2 aromatic carbocycles. The summed E-state index contributed by atoms with van der Waals surface area (Å²) in [5.74, 6) is 0.788. The minimum absolute atomic E-state index is 0.289. The largest absolute Gasteiger partial charge is 0.359 e. The predicted octanol–water partition coefficient (Wildman–Crippen LogP) is 4.00. The van der Waals surface area contributed by atoms with Crippen LogP contribution in [-0.2, 0) is 0 Å². The molecule has 0 spiro atoms. The van der Waals surface area contributed by atoms with Crippen LogP contribution >= 0.6 is 0 Å². The number of hydrogen-bond donors (Lipinski definition) is 1. The summed E-state index contributed by atoms with van der Waals surface area (Å²) in [4.78, 5) is 12.7. The molecule has 27 heavy (non-hydrogen) atoms. The topological polar surface area (TPSA) is 79.4 Å². The van der Waals surface area contributed by atoms with Crippen molar-refractivity contribution in [3.05, 3.63) is 78.3 Å². The second-order valence-electron chi connectivity index (χ2n) is 6.04. The molecule has 1 atom stereocenters.